The topological polar surface area (TPSA) is 3.24 Å². The maximum Gasteiger partial charge on any atom is 0.0355 e. The van der Waals surface area contributed by atoms with Gasteiger partial charge in [0, 0.05) is 28.0 Å². The summed E-state index contributed by atoms with van der Waals surface area (Å²) >= 11 is 0. The zero-order valence-electron chi connectivity index (χ0n) is 11.0. The molecule has 0 unspecified atom stereocenters. The van der Waals surface area contributed by atoms with Crippen molar-refractivity contribution in [3.8, 4) is 0 Å². The first-order valence-corrected chi connectivity index (χ1v) is 6.92. The Morgan fingerprint density at radius 1 is 1.00 bits per heavy atom. The molecule has 14 heavy (non-hydrogen) atoms. The van der Waals surface area contributed by atoms with E-state index in [-0.39, 0.29) is 0 Å². The van der Waals surface area contributed by atoms with Crippen molar-refractivity contribution in [1.29, 1.82) is 0 Å². The molecule has 0 radical (unpaired) electrons. The second-order valence-electron chi connectivity index (χ2n) is 4.53. The Bertz CT molecular complexity index is 186. The van der Waals surface area contributed by atoms with E-state index in [1.165, 1.54) is 23.1 Å². The molecule has 0 bridgehead atoms. The minimum atomic E-state index is 0.625. The lowest BCUT2D eigenvalue weighted by atomic mass is 10.1. The van der Waals surface area contributed by atoms with Crippen LogP contribution in [0, 0.1) is 0 Å². The number of rotatable bonds is 5. The Labute approximate surface area is 93.0 Å². The Kier molecular flexibility index (Phi) is 6.17. The molecule has 0 aromatic rings. The van der Waals surface area contributed by atoms with Crippen molar-refractivity contribution in [3.05, 3.63) is 10.9 Å². The molecule has 0 aromatic heterocycles. The highest BCUT2D eigenvalue weighted by atomic mass is 28.1. The Morgan fingerprint density at radius 2 is 1.43 bits per heavy atom. The van der Waals surface area contributed by atoms with Gasteiger partial charge in [0.1, 0.15) is 0 Å². The average Bonchev–Trinajstić information content (AvgIpc) is 2.11. The van der Waals surface area contributed by atoms with E-state index in [2.05, 4.69) is 46.4 Å². The second kappa shape index (κ2) is 6.28. The fourth-order valence-electron chi connectivity index (χ4n) is 2.13. The van der Waals surface area contributed by atoms with E-state index in [4.69, 9.17) is 0 Å². The summed E-state index contributed by atoms with van der Waals surface area (Å²) in [6.07, 6.45) is 2.41. The van der Waals surface area contributed by atoms with Crippen molar-refractivity contribution < 1.29 is 0 Å². The van der Waals surface area contributed by atoms with E-state index >= 15 is 0 Å². The van der Waals surface area contributed by atoms with Crippen LogP contribution in [-0.2, 0) is 0 Å². The molecule has 0 fully saturated rings. The number of nitrogens with zero attached hydrogens (tertiary/aromatic N) is 1. The van der Waals surface area contributed by atoms with Gasteiger partial charge in [-0.3, -0.25) is 0 Å². The number of hydrogen-bond acceptors (Lipinski definition) is 1. The summed E-state index contributed by atoms with van der Waals surface area (Å²) in [5.74, 6) is 0. The minimum Gasteiger partial charge on any atom is -0.370 e. The van der Waals surface area contributed by atoms with Crippen molar-refractivity contribution >= 4 is 10.2 Å². The standard InChI is InChI=1S/C12H27NSi/c1-7-11(12(14)8-2)13(9(3)4)10(5)6/h9-10H,7-8H2,1-6,14H3. The van der Waals surface area contributed by atoms with Gasteiger partial charge in [0.05, 0.1) is 0 Å². The molecule has 0 aliphatic carbocycles. The fourth-order valence-corrected chi connectivity index (χ4v) is 2.74. The third-order valence-corrected chi connectivity index (χ3v) is 4.07. The molecule has 0 spiro atoms. The molecular weight excluding hydrogens is 186 g/mol. The van der Waals surface area contributed by atoms with E-state index in [0.29, 0.717) is 12.1 Å². The van der Waals surface area contributed by atoms with Gasteiger partial charge in [0.25, 0.3) is 0 Å². The normalized spacial score (nSPS) is 13.7. The molecule has 2 heteroatoms. The summed E-state index contributed by atoms with van der Waals surface area (Å²) in [6, 6.07) is 1.25. The van der Waals surface area contributed by atoms with E-state index in [1.807, 2.05) is 0 Å². The summed E-state index contributed by atoms with van der Waals surface area (Å²) < 4.78 is 0. The van der Waals surface area contributed by atoms with Crippen LogP contribution in [0.3, 0.4) is 0 Å². The summed E-state index contributed by atoms with van der Waals surface area (Å²) in [6.45, 7) is 13.7. The SMILES string of the molecule is CCC([SiH3])=C(CC)N(C(C)C)C(C)C. The molecule has 0 rings (SSSR count). The van der Waals surface area contributed by atoms with Gasteiger partial charge < -0.3 is 4.90 Å². The highest BCUT2D eigenvalue weighted by molar-refractivity contribution is 6.21. The third-order valence-electron chi connectivity index (χ3n) is 2.78. The largest absolute Gasteiger partial charge is 0.370 e. The Morgan fingerprint density at radius 3 is 1.64 bits per heavy atom. The van der Waals surface area contributed by atoms with Crippen LogP contribution < -0.4 is 0 Å². The highest BCUT2D eigenvalue weighted by Crippen LogP contribution is 2.20. The fraction of sp³-hybridized carbons (Fsp3) is 0.833. The van der Waals surface area contributed by atoms with Gasteiger partial charge in [-0.05, 0) is 40.5 Å². The summed E-state index contributed by atoms with van der Waals surface area (Å²) in [7, 11) is 1.21. The maximum absolute atomic E-state index is 2.58. The second-order valence-corrected chi connectivity index (χ2v) is 5.74. The quantitative estimate of drug-likeness (QED) is 0.634. The smallest absolute Gasteiger partial charge is 0.0355 e. The zero-order chi connectivity index (χ0) is 11.3. The lowest BCUT2D eigenvalue weighted by Gasteiger charge is -2.36. The van der Waals surface area contributed by atoms with Crippen LogP contribution >= 0.6 is 0 Å². The Hall–Kier alpha value is -0.243. The van der Waals surface area contributed by atoms with Crippen molar-refractivity contribution in [2.24, 2.45) is 0 Å². The van der Waals surface area contributed by atoms with Crippen LogP contribution in [0.5, 0.6) is 0 Å². The van der Waals surface area contributed by atoms with Crippen LogP contribution in [0.25, 0.3) is 0 Å². The van der Waals surface area contributed by atoms with Crippen LogP contribution in [0.15, 0.2) is 10.9 Å². The van der Waals surface area contributed by atoms with Crippen molar-refractivity contribution in [3.63, 3.8) is 0 Å². The highest BCUT2D eigenvalue weighted by Gasteiger charge is 2.16. The van der Waals surface area contributed by atoms with Gasteiger partial charge in [-0.25, -0.2) is 0 Å². The molecule has 84 valence electrons. The van der Waals surface area contributed by atoms with E-state index in [0.717, 1.165) is 0 Å². The molecule has 0 aliphatic rings. The maximum atomic E-state index is 2.58. The average molecular weight is 213 g/mol. The molecule has 0 aromatic carbocycles. The van der Waals surface area contributed by atoms with Gasteiger partial charge in [0.15, 0.2) is 0 Å². The van der Waals surface area contributed by atoms with Gasteiger partial charge in [-0.15, -0.1) is 0 Å². The monoisotopic (exact) mass is 213 g/mol. The zero-order valence-corrected chi connectivity index (χ0v) is 13.0. The summed E-state index contributed by atoms with van der Waals surface area (Å²) in [4.78, 5) is 2.58. The Balaban J connectivity index is 4.96. The third kappa shape index (κ3) is 3.49. The lowest BCUT2D eigenvalue weighted by Crippen LogP contribution is -2.36. The summed E-state index contributed by atoms with van der Waals surface area (Å²) in [5.41, 5.74) is 1.60. The van der Waals surface area contributed by atoms with Crippen LogP contribution in [0.1, 0.15) is 54.4 Å². The minimum absolute atomic E-state index is 0.625. The van der Waals surface area contributed by atoms with Gasteiger partial charge >= 0.3 is 0 Å². The van der Waals surface area contributed by atoms with E-state index < -0.39 is 0 Å². The summed E-state index contributed by atoms with van der Waals surface area (Å²) in [5, 5.41) is 1.68. The molecule has 0 atom stereocenters. The van der Waals surface area contributed by atoms with Crippen LogP contribution in [0.2, 0.25) is 0 Å². The molecule has 0 saturated carbocycles. The molecule has 0 N–H and O–H groups in total. The van der Waals surface area contributed by atoms with Gasteiger partial charge in [-0.2, -0.15) is 0 Å². The van der Waals surface area contributed by atoms with E-state index in [1.54, 1.807) is 10.9 Å². The molecule has 0 heterocycles. The molecular formula is C12H27NSi. The molecule has 0 amide bonds. The number of allylic oxidation sites excluding steroid dienone is 2. The molecule has 0 aliphatic heterocycles. The van der Waals surface area contributed by atoms with Gasteiger partial charge in [0.2, 0.25) is 0 Å². The van der Waals surface area contributed by atoms with E-state index in [9.17, 15) is 0 Å². The molecule has 0 saturated heterocycles. The van der Waals surface area contributed by atoms with Crippen LogP contribution in [0.4, 0.5) is 0 Å². The first-order valence-electron chi connectivity index (χ1n) is 5.92. The van der Waals surface area contributed by atoms with Gasteiger partial charge in [-0.1, -0.05) is 19.0 Å². The lowest BCUT2D eigenvalue weighted by molar-refractivity contribution is 0.223. The van der Waals surface area contributed by atoms with Crippen molar-refractivity contribution in [1.82, 2.24) is 4.90 Å². The first kappa shape index (κ1) is 13.8. The first-order chi connectivity index (χ1) is 6.45. The van der Waals surface area contributed by atoms with Crippen LogP contribution in [-0.4, -0.2) is 27.2 Å². The number of hydrogen-bond donors (Lipinski definition) is 0. The molecule has 1 nitrogen and oxygen atoms in total. The predicted molar refractivity (Wildman–Crippen MR) is 69.7 cm³/mol. The van der Waals surface area contributed by atoms with Crippen molar-refractivity contribution in [2.45, 2.75) is 66.5 Å². The predicted octanol–water partition coefficient (Wildman–Crippen LogP) is 2.50. The van der Waals surface area contributed by atoms with Crippen molar-refractivity contribution in [2.75, 3.05) is 0 Å².